The predicted octanol–water partition coefficient (Wildman–Crippen LogP) is 3.31. The molecule has 7 heteroatoms. The van der Waals surface area contributed by atoms with E-state index in [2.05, 4.69) is 0 Å². The normalized spacial score (nSPS) is 23.7. The van der Waals surface area contributed by atoms with Gasteiger partial charge in [-0.25, -0.2) is 8.42 Å². The number of rotatable bonds is 5. The highest BCUT2D eigenvalue weighted by Crippen LogP contribution is 2.41. The summed E-state index contributed by atoms with van der Waals surface area (Å²) in [6.07, 6.45) is 2.61. The lowest BCUT2D eigenvalue weighted by Crippen LogP contribution is -2.49. The largest absolute Gasteiger partial charge is 0.497 e. The number of hydrogen-bond donors (Lipinski definition) is 0. The number of piperidine rings is 1. The zero-order chi connectivity index (χ0) is 20.6. The lowest BCUT2D eigenvalue weighted by molar-refractivity contribution is 0.0597. The first-order valence-electron chi connectivity index (χ1n) is 9.78. The second kappa shape index (κ2) is 7.71. The van der Waals surface area contributed by atoms with E-state index in [0.717, 1.165) is 12.8 Å². The van der Waals surface area contributed by atoms with Crippen LogP contribution in [0.25, 0.3) is 0 Å². The molecule has 4 rings (SSSR count). The van der Waals surface area contributed by atoms with E-state index in [1.807, 2.05) is 11.0 Å². The van der Waals surface area contributed by atoms with Crippen molar-refractivity contribution in [3.63, 3.8) is 0 Å². The van der Waals surface area contributed by atoms with E-state index in [4.69, 9.17) is 9.47 Å². The molecule has 0 aliphatic carbocycles. The highest BCUT2D eigenvalue weighted by molar-refractivity contribution is 7.92. The molecule has 0 aromatic heterocycles. The number of amides is 1. The van der Waals surface area contributed by atoms with Crippen LogP contribution in [0.4, 0.5) is 0 Å². The Hall–Kier alpha value is -2.54. The van der Waals surface area contributed by atoms with Crippen LogP contribution >= 0.6 is 0 Å². The quantitative estimate of drug-likeness (QED) is 0.749. The molecule has 154 valence electrons. The SMILES string of the molecule is COc1cc(OC)cc(C(=O)N2C3CCC2CC(S(=O)(=O)c2ccccc2)C3)c1. The molecule has 2 bridgehead atoms. The van der Waals surface area contributed by atoms with Crippen molar-refractivity contribution in [3.05, 3.63) is 54.1 Å². The molecule has 2 atom stereocenters. The van der Waals surface area contributed by atoms with Gasteiger partial charge >= 0.3 is 0 Å². The fourth-order valence-electron chi connectivity index (χ4n) is 4.59. The third kappa shape index (κ3) is 3.59. The number of sulfone groups is 1. The van der Waals surface area contributed by atoms with Crippen LogP contribution in [0.5, 0.6) is 11.5 Å². The highest BCUT2D eigenvalue weighted by atomic mass is 32.2. The highest BCUT2D eigenvalue weighted by Gasteiger charge is 2.47. The Morgan fingerprint density at radius 2 is 1.48 bits per heavy atom. The minimum Gasteiger partial charge on any atom is -0.497 e. The maximum atomic E-state index is 13.3. The molecule has 0 saturated carbocycles. The summed E-state index contributed by atoms with van der Waals surface area (Å²) >= 11 is 0. The zero-order valence-corrected chi connectivity index (χ0v) is 17.4. The molecule has 29 heavy (non-hydrogen) atoms. The number of hydrogen-bond acceptors (Lipinski definition) is 5. The number of carbonyl (C=O) groups excluding carboxylic acids is 1. The van der Waals surface area contributed by atoms with Crippen LogP contribution in [0.1, 0.15) is 36.0 Å². The predicted molar refractivity (Wildman–Crippen MR) is 109 cm³/mol. The van der Waals surface area contributed by atoms with E-state index in [0.29, 0.717) is 34.8 Å². The van der Waals surface area contributed by atoms with Crippen molar-refractivity contribution in [1.29, 1.82) is 0 Å². The average molecular weight is 416 g/mol. The van der Waals surface area contributed by atoms with Crippen LogP contribution in [0.2, 0.25) is 0 Å². The summed E-state index contributed by atoms with van der Waals surface area (Å²) in [5.74, 6) is 1.02. The number of nitrogens with zero attached hydrogens (tertiary/aromatic N) is 1. The molecule has 2 heterocycles. The van der Waals surface area contributed by atoms with E-state index in [1.165, 1.54) is 0 Å². The molecule has 2 saturated heterocycles. The van der Waals surface area contributed by atoms with Crippen molar-refractivity contribution in [1.82, 2.24) is 4.90 Å². The maximum Gasteiger partial charge on any atom is 0.254 e. The Morgan fingerprint density at radius 1 is 0.931 bits per heavy atom. The van der Waals surface area contributed by atoms with Gasteiger partial charge in [0.25, 0.3) is 5.91 Å². The lowest BCUT2D eigenvalue weighted by Gasteiger charge is -2.38. The van der Waals surface area contributed by atoms with Crippen molar-refractivity contribution in [2.24, 2.45) is 0 Å². The van der Waals surface area contributed by atoms with Gasteiger partial charge in [-0.15, -0.1) is 0 Å². The summed E-state index contributed by atoms with van der Waals surface area (Å²) in [6.45, 7) is 0. The molecule has 2 aliphatic rings. The fourth-order valence-corrected chi connectivity index (χ4v) is 6.47. The van der Waals surface area contributed by atoms with E-state index in [1.54, 1.807) is 56.7 Å². The average Bonchev–Trinajstić information content (AvgIpc) is 3.01. The Labute approximate surface area is 171 Å². The van der Waals surface area contributed by atoms with E-state index in [-0.39, 0.29) is 18.0 Å². The molecule has 2 fully saturated rings. The van der Waals surface area contributed by atoms with Crippen LogP contribution in [0, 0.1) is 0 Å². The van der Waals surface area contributed by atoms with Crippen LogP contribution < -0.4 is 9.47 Å². The zero-order valence-electron chi connectivity index (χ0n) is 16.6. The first-order chi connectivity index (χ1) is 13.9. The number of benzene rings is 2. The van der Waals surface area contributed by atoms with Crippen LogP contribution in [-0.4, -0.2) is 50.8 Å². The Morgan fingerprint density at radius 3 is 2.00 bits per heavy atom. The molecule has 1 amide bonds. The molecular formula is C22H25NO5S. The summed E-state index contributed by atoms with van der Waals surface area (Å²) < 4.78 is 36.7. The molecule has 0 radical (unpaired) electrons. The Bertz CT molecular complexity index is 969. The van der Waals surface area contributed by atoms with Crippen molar-refractivity contribution >= 4 is 15.7 Å². The minimum atomic E-state index is -3.40. The third-order valence-electron chi connectivity index (χ3n) is 6.03. The van der Waals surface area contributed by atoms with Gasteiger partial charge in [-0.1, -0.05) is 18.2 Å². The Kier molecular flexibility index (Phi) is 5.25. The molecular weight excluding hydrogens is 390 g/mol. The second-order valence-electron chi connectivity index (χ2n) is 7.65. The Balaban J connectivity index is 1.58. The second-order valence-corrected chi connectivity index (χ2v) is 9.88. The molecule has 0 spiro atoms. The van der Waals surface area contributed by atoms with Gasteiger partial charge in [-0.05, 0) is 49.9 Å². The van der Waals surface area contributed by atoms with Gasteiger partial charge in [0.15, 0.2) is 9.84 Å². The van der Waals surface area contributed by atoms with Crippen LogP contribution in [0.15, 0.2) is 53.4 Å². The summed E-state index contributed by atoms with van der Waals surface area (Å²) in [4.78, 5) is 15.5. The monoisotopic (exact) mass is 415 g/mol. The van der Waals surface area contributed by atoms with Gasteiger partial charge in [0.1, 0.15) is 11.5 Å². The van der Waals surface area contributed by atoms with Crippen LogP contribution in [0.3, 0.4) is 0 Å². The summed E-state index contributed by atoms with van der Waals surface area (Å²) in [6, 6.07) is 13.6. The molecule has 0 N–H and O–H groups in total. The first kappa shape index (κ1) is 19.8. The topological polar surface area (TPSA) is 72.9 Å². The number of carbonyl (C=O) groups is 1. The molecule has 2 unspecified atom stereocenters. The van der Waals surface area contributed by atoms with Crippen molar-refractivity contribution in [3.8, 4) is 11.5 Å². The summed E-state index contributed by atoms with van der Waals surface area (Å²) in [7, 11) is -0.304. The molecule has 2 aromatic carbocycles. The minimum absolute atomic E-state index is 0.0677. The number of methoxy groups -OCH3 is 2. The number of ether oxygens (including phenoxy) is 2. The van der Waals surface area contributed by atoms with E-state index >= 15 is 0 Å². The maximum absolute atomic E-state index is 13.3. The standard InChI is InChI=1S/C22H25NO5S/c1-27-18-10-15(11-19(14-18)28-2)22(24)23-16-8-9-17(23)13-21(12-16)29(25,26)20-6-4-3-5-7-20/h3-7,10-11,14,16-17,21H,8-9,12-13H2,1-2H3. The van der Waals surface area contributed by atoms with Gasteiger partial charge in [-0.2, -0.15) is 0 Å². The molecule has 6 nitrogen and oxygen atoms in total. The van der Waals surface area contributed by atoms with Crippen molar-refractivity contribution < 1.29 is 22.7 Å². The van der Waals surface area contributed by atoms with Gasteiger partial charge in [-0.3, -0.25) is 4.79 Å². The molecule has 2 aromatic rings. The van der Waals surface area contributed by atoms with Crippen molar-refractivity contribution in [2.75, 3.05) is 14.2 Å². The summed E-state index contributed by atoms with van der Waals surface area (Å²) in [5.41, 5.74) is 0.502. The number of fused-ring (bicyclic) bond motifs is 2. The fraction of sp³-hybridized carbons (Fsp3) is 0.409. The van der Waals surface area contributed by atoms with Gasteiger partial charge in [0.05, 0.1) is 24.4 Å². The lowest BCUT2D eigenvalue weighted by atomic mass is 10.0. The van der Waals surface area contributed by atoms with Crippen LogP contribution in [-0.2, 0) is 9.84 Å². The first-order valence-corrected chi connectivity index (χ1v) is 11.3. The van der Waals surface area contributed by atoms with Gasteiger partial charge < -0.3 is 14.4 Å². The van der Waals surface area contributed by atoms with E-state index in [9.17, 15) is 13.2 Å². The van der Waals surface area contributed by atoms with E-state index < -0.39 is 15.1 Å². The van der Waals surface area contributed by atoms with Crippen molar-refractivity contribution in [2.45, 2.75) is 47.9 Å². The van der Waals surface area contributed by atoms with Gasteiger partial charge in [0.2, 0.25) is 0 Å². The van der Waals surface area contributed by atoms with Gasteiger partial charge in [0, 0.05) is 23.7 Å². The third-order valence-corrected chi connectivity index (χ3v) is 8.23. The summed E-state index contributed by atoms with van der Waals surface area (Å²) in [5, 5.41) is -0.453. The molecule has 2 aliphatic heterocycles. The smallest absolute Gasteiger partial charge is 0.254 e.